The summed E-state index contributed by atoms with van der Waals surface area (Å²) in [6.45, 7) is 1.68. The number of benzene rings is 1. The lowest BCUT2D eigenvalue weighted by Crippen LogP contribution is -2.41. The molecule has 0 aliphatic rings. The van der Waals surface area contributed by atoms with Crippen molar-refractivity contribution in [2.45, 2.75) is 6.92 Å². The van der Waals surface area contributed by atoms with Crippen LogP contribution in [0.15, 0.2) is 30.3 Å². The maximum Gasteiger partial charge on any atom is 0.270 e. The SMILES string of the molecule is CN(CC(C)(CO)CO)C(=O)c1cc2ccccc2[nH]1. The van der Waals surface area contributed by atoms with Crippen LogP contribution in [0.25, 0.3) is 10.9 Å². The number of para-hydroxylation sites is 1. The van der Waals surface area contributed by atoms with Crippen molar-refractivity contribution in [1.82, 2.24) is 9.88 Å². The maximum absolute atomic E-state index is 12.4. The van der Waals surface area contributed by atoms with Crippen molar-refractivity contribution in [1.29, 1.82) is 0 Å². The number of aromatic nitrogens is 1. The highest BCUT2D eigenvalue weighted by Gasteiger charge is 2.27. The van der Waals surface area contributed by atoms with Crippen LogP contribution in [0.3, 0.4) is 0 Å². The predicted octanol–water partition coefficient (Wildman–Crippen LogP) is 1.23. The van der Waals surface area contributed by atoms with Gasteiger partial charge in [0, 0.05) is 29.9 Å². The first-order valence-electron chi connectivity index (χ1n) is 6.54. The Morgan fingerprint density at radius 2 is 1.95 bits per heavy atom. The van der Waals surface area contributed by atoms with E-state index in [2.05, 4.69) is 4.98 Å². The Labute approximate surface area is 117 Å². The Balaban J connectivity index is 2.18. The predicted molar refractivity (Wildman–Crippen MR) is 77.5 cm³/mol. The number of amides is 1. The Morgan fingerprint density at radius 3 is 2.55 bits per heavy atom. The van der Waals surface area contributed by atoms with Crippen LogP contribution >= 0.6 is 0 Å². The molecule has 0 unspecified atom stereocenters. The number of hydrogen-bond donors (Lipinski definition) is 3. The molecule has 0 spiro atoms. The number of nitrogens with zero attached hydrogens (tertiary/aromatic N) is 1. The minimum absolute atomic E-state index is 0.158. The van der Waals surface area contributed by atoms with Gasteiger partial charge in [-0.3, -0.25) is 4.79 Å². The standard InChI is InChI=1S/C15H20N2O3/c1-15(9-18,10-19)8-17(2)14(20)13-7-11-5-3-4-6-12(11)16-13/h3-7,16,18-19H,8-10H2,1-2H3. The molecule has 2 aromatic rings. The van der Waals surface area contributed by atoms with Crippen molar-refractivity contribution >= 4 is 16.8 Å². The smallest absolute Gasteiger partial charge is 0.270 e. The second-order valence-corrected chi connectivity index (χ2v) is 5.56. The number of carbonyl (C=O) groups excluding carboxylic acids is 1. The van der Waals surface area contributed by atoms with Gasteiger partial charge in [0.2, 0.25) is 0 Å². The summed E-state index contributed by atoms with van der Waals surface area (Å²) in [6, 6.07) is 9.49. The normalized spacial score (nSPS) is 11.8. The van der Waals surface area contributed by atoms with Crippen molar-refractivity contribution in [3.8, 4) is 0 Å². The highest BCUT2D eigenvalue weighted by molar-refractivity contribution is 5.97. The van der Waals surface area contributed by atoms with Crippen LogP contribution in [0.1, 0.15) is 17.4 Å². The molecule has 0 aliphatic heterocycles. The van der Waals surface area contributed by atoms with E-state index in [-0.39, 0.29) is 25.7 Å². The molecule has 0 saturated carbocycles. The molecule has 1 aromatic heterocycles. The third-order valence-corrected chi connectivity index (χ3v) is 3.49. The van der Waals surface area contributed by atoms with Gasteiger partial charge in [0.15, 0.2) is 0 Å². The molecule has 1 amide bonds. The minimum atomic E-state index is -0.698. The summed E-state index contributed by atoms with van der Waals surface area (Å²) in [5.74, 6) is -0.158. The van der Waals surface area contributed by atoms with Crippen LogP contribution in [-0.4, -0.2) is 52.8 Å². The summed E-state index contributed by atoms with van der Waals surface area (Å²) in [7, 11) is 1.66. The first-order valence-corrected chi connectivity index (χ1v) is 6.54. The average Bonchev–Trinajstić information content (AvgIpc) is 2.90. The molecule has 0 aliphatic carbocycles. The number of aliphatic hydroxyl groups is 2. The Bertz CT molecular complexity index is 569. The van der Waals surface area contributed by atoms with Gasteiger partial charge in [-0.1, -0.05) is 25.1 Å². The zero-order chi connectivity index (χ0) is 14.8. The van der Waals surface area contributed by atoms with Gasteiger partial charge in [-0.25, -0.2) is 0 Å². The fourth-order valence-electron chi connectivity index (χ4n) is 2.19. The number of carbonyl (C=O) groups is 1. The number of H-pyrrole nitrogens is 1. The molecular formula is C15H20N2O3. The maximum atomic E-state index is 12.4. The first-order chi connectivity index (χ1) is 9.49. The number of fused-ring (bicyclic) bond motifs is 1. The van der Waals surface area contributed by atoms with E-state index in [0.717, 1.165) is 10.9 Å². The highest BCUT2D eigenvalue weighted by atomic mass is 16.3. The fourth-order valence-corrected chi connectivity index (χ4v) is 2.19. The third kappa shape index (κ3) is 2.84. The van der Waals surface area contributed by atoms with E-state index >= 15 is 0 Å². The number of nitrogens with one attached hydrogen (secondary N) is 1. The van der Waals surface area contributed by atoms with E-state index in [1.54, 1.807) is 14.0 Å². The van der Waals surface area contributed by atoms with E-state index < -0.39 is 5.41 Å². The van der Waals surface area contributed by atoms with Crippen molar-refractivity contribution in [3.05, 3.63) is 36.0 Å². The molecule has 0 bridgehead atoms. The van der Waals surface area contributed by atoms with E-state index in [4.69, 9.17) is 0 Å². The van der Waals surface area contributed by atoms with Gasteiger partial charge in [-0.15, -0.1) is 0 Å². The summed E-state index contributed by atoms with van der Waals surface area (Å²) in [5.41, 5.74) is 0.722. The molecule has 5 heteroatoms. The molecule has 1 aromatic carbocycles. The van der Waals surface area contributed by atoms with Crippen LogP contribution in [0.2, 0.25) is 0 Å². The van der Waals surface area contributed by atoms with Crippen molar-refractivity contribution in [2.24, 2.45) is 5.41 Å². The van der Waals surface area contributed by atoms with Crippen LogP contribution in [-0.2, 0) is 0 Å². The van der Waals surface area contributed by atoms with Crippen molar-refractivity contribution in [3.63, 3.8) is 0 Å². The zero-order valence-electron chi connectivity index (χ0n) is 11.8. The van der Waals surface area contributed by atoms with Crippen LogP contribution in [0.5, 0.6) is 0 Å². The molecule has 0 saturated heterocycles. The number of aromatic amines is 1. The number of rotatable bonds is 5. The van der Waals surface area contributed by atoms with Gasteiger partial charge in [0.1, 0.15) is 5.69 Å². The van der Waals surface area contributed by atoms with E-state index in [0.29, 0.717) is 5.69 Å². The molecular weight excluding hydrogens is 256 g/mol. The average molecular weight is 276 g/mol. The summed E-state index contributed by atoms with van der Waals surface area (Å²) in [5, 5.41) is 19.6. The largest absolute Gasteiger partial charge is 0.396 e. The second-order valence-electron chi connectivity index (χ2n) is 5.56. The van der Waals surface area contributed by atoms with Gasteiger partial charge in [0.05, 0.1) is 13.2 Å². The lowest BCUT2D eigenvalue weighted by Gasteiger charge is -2.30. The van der Waals surface area contributed by atoms with Crippen molar-refractivity contribution in [2.75, 3.05) is 26.8 Å². The van der Waals surface area contributed by atoms with Gasteiger partial charge in [-0.2, -0.15) is 0 Å². The van der Waals surface area contributed by atoms with Gasteiger partial charge in [0.25, 0.3) is 5.91 Å². The van der Waals surface area contributed by atoms with Crippen LogP contribution in [0, 0.1) is 5.41 Å². The Morgan fingerprint density at radius 1 is 1.30 bits per heavy atom. The molecule has 108 valence electrons. The van der Waals surface area contributed by atoms with Gasteiger partial charge in [-0.05, 0) is 12.1 Å². The van der Waals surface area contributed by atoms with Crippen LogP contribution < -0.4 is 0 Å². The monoisotopic (exact) mass is 276 g/mol. The molecule has 0 fully saturated rings. The molecule has 0 atom stereocenters. The summed E-state index contributed by atoms with van der Waals surface area (Å²) in [4.78, 5) is 16.9. The number of aliphatic hydroxyl groups excluding tert-OH is 2. The molecule has 0 radical (unpaired) electrons. The van der Waals surface area contributed by atoms with E-state index in [1.165, 1.54) is 4.90 Å². The molecule has 20 heavy (non-hydrogen) atoms. The molecule has 1 heterocycles. The summed E-state index contributed by atoms with van der Waals surface area (Å²) >= 11 is 0. The molecule has 3 N–H and O–H groups in total. The zero-order valence-corrected chi connectivity index (χ0v) is 11.8. The molecule has 5 nitrogen and oxygen atoms in total. The van der Waals surface area contributed by atoms with Gasteiger partial charge >= 0.3 is 0 Å². The van der Waals surface area contributed by atoms with E-state index in [1.807, 2.05) is 30.3 Å². The topological polar surface area (TPSA) is 76.6 Å². The lowest BCUT2D eigenvalue weighted by atomic mass is 9.92. The second kappa shape index (κ2) is 5.64. The fraction of sp³-hybridized carbons (Fsp3) is 0.400. The minimum Gasteiger partial charge on any atom is -0.396 e. The Kier molecular flexibility index (Phi) is 4.11. The quantitative estimate of drug-likeness (QED) is 0.768. The third-order valence-electron chi connectivity index (χ3n) is 3.49. The Hall–Kier alpha value is -1.85. The van der Waals surface area contributed by atoms with Crippen molar-refractivity contribution < 1.29 is 15.0 Å². The lowest BCUT2D eigenvalue weighted by molar-refractivity contribution is 0.0364. The highest BCUT2D eigenvalue weighted by Crippen LogP contribution is 2.19. The van der Waals surface area contributed by atoms with Crippen LogP contribution in [0.4, 0.5) is 0 Å². The van der Waals surface area contributed by atoms with Gasteiger partial charge < -0.3 is 20.1 Å². The summed E-state index contributed by atoms with van der Waals surface area (Å²) in [6.07, 6.45) is 0. The first kappa shape index (κ1) is 14.6. The summed E-state index contributed by atoms with van der Waals surface area (Å²) < 4.78 is 0. The van der Waals surface area contributed by atoms with E-state index in [9.17, 15) is 15.0 Å². The molecule has 2 rings (SSSR count). The number of hydrogen-bond acceptors (Lipinski definition) is 3.